The summed E-state index contributed by atoms with van der Waals surface area (Å²) in [6.07, 6.45) is 0.158. The van der Waals surface area contributed by atoms with Gasteiger partial charge >= 0.3 is 0 Å². The zero-order chi connectivity index (χ0) is 17.6. The van der Waals surface area contributed by atoms with E-state index in [0.29, 0.717) is 17.1 Å². The number of para-hydroxylation sites is 1. The smallest absolute Gasteiger partial charge is 0.272 e. The number of carbonyl (C=O) groups is 2. The van der Waals surface area contributed by atoms with Crippen LogP contribution in [0.1, 0.15) is 16.9 Å². The van der Waals surface area contributed by atoms with Crippen LogP contribution in [0.4, 0.5) is 5.69 Å². The second-order valence-corrected chi connectivity index (χ2v) is 5.40. The highest BCUT2D eigenvalue weighted by Crippen LogP contribution is 2.17. The lowest BCUT2D eigenvalue weighted by Gasteiger charge is -2.07. The van der Waals surface area contributed by atoms with Crippen molar-refractivity contribution in [3.05, 3.63) is 54.2 Å². The van der Waals surface area contributed by atoms with Crippen molar-refractivity contribution in [2.45, 2.75) is 6.42 Å². The van der Waals surface area contributed by atoms with Crippen molar-refractivity contribution in [1.29, 1.82) is 0 Å². The fourth-order valence-corrected chi connectivity index (χ4v) is 2.43. The van der Waals surface area contributed by atoms with E-state index >= 15 is 0 Å². The Balaban J connectivity index is 1.52. The molecule has 0 unspecified atom stereocenters. The number of hydrogen-bond acceptors (Lipinski definition) is 4. The molecule has 7 heteroatoms. The number of rotatable bonds is 6. The fraction of sp³-hybridized carbons (Fsp3) is 0.167. The predicted octanol–water partition coefficient (Wildman–Crippen LogP) is 2.33. The van der Waals surface area contributed by atoms with E-state index in [1.807, 2.05) is 24.3 Å². The standard InChI is InChI=1S/C18H18N4O3/c1-25-13-6-4-5-12(11-13)20-16(23)9-10-19-18(24)17-14-7-2-3-8-15(14)21-22-17/h2-8,11H,9-10H2,1H3,(H,19,24)(H,20,23)(H,21,22). The molecule has 0 saturated heterocycles. The maximum absolute atomic E-state index is 12.2. The number of benzene rings is 2. The first kappa shape index (κ1) is 16.5. The molecule has 0 fully saturated rings. The Labute approximate surface area is 144 Å². The number of fused-ring (bicyclic) bond motifs is 1. The van der Waals surface area contributed by atoms with Crippen LogP contribution in [0.5, 0.6) is 5.75 Å². The van der Waals surface area contributed by atoms with E-state index in [2.05, 4.69) is 20.8 Å². The summed E-state index contributed by atoms with van der Waals surface area (Å²) < 4.78 is 5.11. The SMILES string of the molecule is COc1cccc(NC(=O)CCNC(=O)c2n[nH]c3ccccc23)c1. The molecule has 2 aromatic carbocycles. The van der Waals surface area contributed by atoms with Gasteiger partial charge in [-0.25, -0.2) is 0 Å². The van der Waals surface area contributed by atoms with Crippen molar-refractivity contribution in [1.82, 2.24) is 15.5 Å². The van der Waals surface area contributed by atoms with Crippen LogP contribution in [-0.2, 0) is 4.79 Å². The molecule has 2 amide bonds. The quantitative estimate of drug-likeness (QED) is 0.643. The van der Waals surface area contributed by atoms with Crippen LogP contribution in [0, 0.1) is 0 Å². The van der Waals surface area contributed by atoms with Gasteiger partial charge in [-0.15, -0.1) is 0 Å². The molecule has 3 rings (SSSR count). The van der Waals surface area contributed by atoms with Gasteiger partial charge in [0.25, 0.3) is 5.91 Å². The highest BCUT2D eigenvalue weighted by molar-refractivity contribution is 6.04. The number of aromatic nitrogens is 2. The molecule has 0 bridgehead atoms. The van der Waals surface area contributed by atoms with E-state index in [-0.39, 0.29) is 24.8 Å². The van der Waals surface area contributed by atoms with Crippen LogP contribution in [0.3, 0.4) is 0 Å². The Morgan fingerprint density at radius 2 is 2.00 bits per heavy atom. The Kier molecular flexibility index (Phi) is 4.94. The lowest BCUT2D eigenvalue weighted by atomic mass is 10.2. The molecule has 0 aliphatic rings. The van der Waals surface area contributed by atoms with Crippen LogP contribution in [0.25, 0.3) is 10.9 Å². The number of nitrogens with one attached hydrogen (secondary N) is 3. The second-order valence-electron chi connectivity index (χ2n) is 5.40. The van der Waals surface area contributed by atoms with Crippen molar-refractivity contribution in [3.8, 4) is 5.75 Å². The third-order valence-corrected chi connectivity index (χ3v) is 3.68. The monoisotopic (exact) mass is 338 g/mol. The summed E-state index contributed by atoms with van der Waals surface area (Å²) in [5.74, 6) is 0.156. The molecule has 7 nitrogen and oxygen atoms in total. The first-order chi connectivity index (χ1) is 12.2. The van der Waals surface area contributed by atoms with Crippen LogP contribution < -0.4 is 15.4 Å². The number of amides is 2. The largest absolute Gasteiger partial charge is 0.497 e. The van der Waals surface area contributed by atoms with Gasteiger partial charge in [-0.05, 0) is 18.2 Å². The zero-order valence-corrected chi connectivity index (χ0v) is 13.7. The number of hydrogen-bond donors (Lipinski definition) is 3. The van der Waals surface area contributed by atoms with E-state index in [4.69, 9.17) is 4.74 Å². The minimum Gasteiger partial charge on any atom is -0.497 e. The van der Waals surface area contributed by atoms with Gasteiger partial charge in [0.2, 0.25) is 5.91 Å². The van der Waals surface area contributed by atoms with Gasteiger partial charge in [0.05, 0.1) is 12.6 Å². The van der Waals surface area contributed by atoms with E-state index in [9.17, 15) is 9.59 Å². The van der Waals surface area contributed by atoms with Gasteiger partial charge in [-0.2, -0.15) is 5.10 Å². The Hall–Kier alpha value is -3.35. The molecular formula is C18H18N4O3. The number of carbonyl (C=O) groups excluding carboxylic acids is 2. The van der Waals surface area contributed by atoms with Gasteiger partial charge in [0.1, 0.15) is 5.75 Å². The van der Waals surface area contributed by atoms with Crippen molar-refractivity contribution < 1.29 is 14.3 Å². The van der Waals surface area contributed by atoms with Crippen LogP contribution in [0.2, 0.25) is 0 Å². The zero-order valence-electron chi connectivity index (χ0n) is 13.7. The average Bonchev–Trinajstić information content (AvgIpc) is 3.06. The number of ether oxygens (including phenoxy) is 1. The normalized spacial score (nSPS) is 10.4. The van der Waals surface area contributed by atoms with Crippen LogP contribution in [0.15, 0.2) is 48.5 Å². The minimum atomic E-state index is -0.313. The lowest BCUT2D eigenvalue weighted by Crippen LogP contribution is -2.28. The summed E-state index contributed by atoms with van der Waals surface area (Å²) in [6.45, 7) is 0.218. The maximum atomic E-state index is 12.2. The molecular weight excluding hydrogens is 320 g/mol. The Morgan fingerprint density at radius 1 is 1.16 bits per heavy atom. The molecule has 0 aliphatic carbocycles. The van der Waals surface area contributed by atoms with Crippen molar-refractivity contribution in [2.75, 3.05) is 19.0 Å². The molecule has 128 valence electrons. The molecule has 1 heterocycles. The predicted molar refractivity (Wildman–Crippen MR) is 94.7 cm³/mol. The highest BCUT2D eigenvalue weighted by atomic mass is 16.5. The summed E-state index contributed by atoms with van der Waals surface area (Å²) in [5, 5.41) is 13.1. The lowest BCUT2D eigenvalue weighted by molar-refractivity contribution is -0.116. The molecule has 3 aromatic rings. The molecule has 0 spiro atoms. The van der Waals surface area contributed by atoms with E-state index in [1.165, 1.54) is 0 Å². The van der Waals surface area contributed by atoms with Crippen molar-refractivity contribution in [3.63, 3.8) is 0 Å². The number of nitrogens with zero attached hydrogens (tertiary/aromatic N) is 1. The highest BCUT2D eigenvalue weighted by Gasteiger charge is 2.13. The summed E-state index contributed by atoms with van der Waals surface area (Å²) in [6, 6.07) is 14.5. The molecule has 0 saturated carbocycles. The third-order valence-electron chi connectivity index (χ3n) is 3.68. The van der Waals surface area contributed by atoms with E-state index in [0.717, 1.165) is 10.9 Å². The first-order valence-electron chi connectivity index (χ1n) is 7.82. The summed E-state index contributed by atoms with van der Waals surface area (Å²) in [4.78, 5) is 24.2. The van der Waals surface area contributed by atoms with Gasteiger partial charge in [0.15, 0.2) is 5.69 Å². The fourth-order valence-electron chi connectivity index (χ4n) is 2.43. The topological polar surface area (TPSA) is 96.1 Å². The Bertz CT molecular complexity index is 904. The number of anilines is 1. The van der Waals surface area contributed by atoms with Gasteiger partial charge in [0, 0.05) is 30.1 Å². The third kappa shape index (κ3) is 3.95. The molecule has 3 N–H and O–H groups in total. The van der Waals surface area contributed by atoms with Gasteiger partial charge in [-0.3, -0.25) is 14.7 Å². The Morgan fingerprint density at radius 3 is 2.84 bits per heavy atom. The minimum absolute atomic E-state index is 0.158. The van der Waals surface area contributed by atoms with Gasteiger partial charge in [-0.1, -0.05) is 24.3 Å². The maximum Gasteiger partial charge on any atom is 0.272 e. The molecule has 1 aromatic heterocycles. The van der Waals surface area contributed by atoms with E-state index in [1.54, 1.807) is 31.4 Å². The molecule has 0 radical (unpaired) electrons. The number of methoxy groups -OCH3 is 1. The summed E-state index contributed by atoms with van der Waals surface area (Å²) in [5.41, 5.74) is 1.76. The second kappa shape index (κ2) is 7.48. The van der Waals surface area contributed by atoms with Crippen molar-refractivity contribution >= 4 is 28.4 Å². The van der Waals surface area contributed by atoms with Gasteiger partial charge < -0.3 is 15.4 Å². The average molecular weight is 338 g/mol. The van der Waals surface area contributed by atoms with Crippen LogP contribution >= 0.6 is 0 Å². The molecule has 0 atom stereocenters. The van der Waals surface area contributed by atoms with E-state index < -0.39 is 0 Å². The summed E-state index contributed by atoms with van der Waals surface area (Å²) >= 11 is 0. The first-order valence-corrected chi connectivity index (χ1v) is 7.82. The molecule has 0 aliphatic heterocycles. The van der Waals surface area contributed by atoms with Crippen LogP contribution in [-0.4, -0.2) is 35.7 Å². The summed E-state index contributed by atoms with van der Waals surface area (Å²) in [7, 11) is 1.56. The number of H-pyrrole nitrogens is 1. The molecule has 25 heavy (non-hydrogen) atoms. The number of aromatic amines is 1. The van der Waals surface area contributed by atoms with Crippen molar-refractivity contribution in [2.24, 2.45) is 0 Å².